The predicted molar refractivity (Wildman–Crippen MR) is 109 cm³/mol. The number of halogens is 1. The number of piperazine rings is 1. The fourth-order valence-corrected chi connectivity index (χ4v) is 3.93. The number of carbonyl (C=O) groups excluding carboxylic acids is 1. The van der Waals surface area contributed by atoms with Gasteiger partial charge in [0.25, 0.3) is 0 Å². The zero-order valence-electron chi connectivity index (χ0n) is 16.0. The molecule has 1 atom stereocenters. The molecule has 27 heavy (non-hydrogen) atoms. The van der Waals surface area contributed by atoms with Crippen LogP contribution in [0.3, 0.4) is 0 Å². The van der Waals surface area contributed by atoms with Crippen LogP contribution in [0.5, 0.6) is 5.75 Å². The summed E-state index contributed by atoms with van der Waals surface area (Å²) in [4.78, 5) is 17.1. The average molecular weight is 387 g/mol. The van der Waals surface area contributed by atoms with E-state index in [1.807, 2.05) is 29.2 Å². The fourth-order valence-electron chi connectivity index (χ4n) is 3.65. The molecule has 0 aliphatic carbocycles. The first kappa shape index (κ1) is 19.7. The molecular weight excluding hydrogens is 360 g/mol. The van der Waals surface area contributed by atoms with E-state index in [2.05, 4.69) is 36.1 Å². The maximum absolute atomic E-state index is 12.7. The largest absolute Gasteiger partial charge is 0.495 e. The molecule has 0 radical (unpaired) electrons. The number of benzene rings is 2. The Morgan fingerprint density at radius 3 is 2.59 bits per heavy atom. The van der Waals surface area contributed by atoms with Gasteiger partial charge in [-0.15, -0.1) is 0 Å². The number of hydrogen-bond acceptors (Lipinski definition) is 3. The van der Waals surface area contributed by atoms with E-state index >= 15 is 0 Å². The van der Waals surface area contributed by atoms with Gasteiger partial charge in [-0.2, -0.15) is 0 Å². The summed E-state index contributed by atoms with van der Waals surface area (Å²) in [5.74, 6) is 0.878. The molecule has 1 heterocycles. The van der Waals surface area contributed by atoms with E-state index in [9.17, 15) is 4.79 Å². The number of hydrogen-bond donors (Lipinski definition) is 0. The van der Waals surface area contributed by atoms with Crippen LogP contribution in [-0.2, 0) is 17.8 Å². The van der Waals surface area contributed by atoms with Gasteiger partial charge in [-0.25, -0.2) is 0 Å². The first-order valence-corrected chi connectivity index (χ1v) is 9.83. The molecule has 5 heteroatoms. The number of nitrogens with zero attached hydrogens (tertiary/aromatic N) is 2. The van der Waals surface area contributed by atoms with E-state index in [1.54, 1.807) is 7.11 Å². The molecule has 1 saturated heterocycles. The van der Waals surface area contributed by atoms with Crippen LogP contribution >= 0.6 is 11.6 Å². The Bertz CT molecular complexity index is 766. The van der Waals surface area contributed by atoms with Crippen LogP contribution in [0.2, 0.25) is 5.02 Å². The lowest BCUT2D eigenvalue weighted by molar-refractivity contribution is -0.135. The standard InChI is InChI=1S/C22H27ClN2O2/c1-17-15-24(16-19-6-4-3-5-7-19)12-13-25(17)22(26)11-9-18-8-10-21(27-2)20(23)14-18/h3-8,10,14,17H,9,11-13,15-16H2,1-2H3. The van der Waals surface area contributed by atoms with E-state index in [-0.39, 0.29) is 11.9 Å². The summed E-state index contributed by atoms with van der Waals surface area (Å²) < 4.78 is 5.18. The van der Waals surface area contributed by atoms with Gasteiger partial charge in [-0.1, -0.05) is 48.0 Å². The molecule has 0 aromatic heterocycles. The highest BCUT2D eigenvalue weighted by atomic mass is 35.5. The van der Waals surface area contributed by atoms with Gasteiger partial charge in [0.15, 0.2) is 0 Å². The molecule has 1 unspecified atom stereocenters. The number of rotatable bonds is 6. The summed E-state index contributed by atoms with van der Waals surface area (Å²) in [6, 6.07) is 16.4. The van der Waals surface area contributed by atoms with E-state index in [0.717, 1.165) is 31.7 Å². The molecule has 1 aliphatic rings. The molecule has 0 bridgehead atoms. The molecular formula is C22H27ClN2O2. The molecule has 1 fully saturated rings. The lowest BCUT2D eigenvalue weighted by Gasteiger charge is -2.40. The molecule has 4 nitrogen and oxygen atoms in total. The molecule has 0 N–H and O–H groups in total. The third kappa shape index (κ3) is 5.24. The first-order valence-electron chi connectivity index (χ1n) is 9.45. The number of carbonyl (C=O) groups is 1. The van der Waals surface area contributed by atoms with Crippen molar-refractivity contribution in [1.29, 1.82) is 0 Å². The smallest absolute Gasteiger partial charge is 0.223 e. The molecule has 3 rings (SSSR count). The van der Waals surface area contributed by atoms with E-state index < -0.39 is 0 Å². The Morgan fingerprint density at radius 1 is 1.15 bits per heavy atom. The van der Waals surface area contributed by atoms with Gasteiger partial charge in [0.05, 0.1) is 12.1 Å². The zero-order chi connectivity index (χ0) is 19.2. The fraction of sp³-hybridized carbons (Fsp3) is 0.409. The van der Waals surface area contributed by atoms with Crippen LogP contribution in [0.4, 0.5) is 0 Å². The summed E-state index contributed by atoms with van der Waals surface area (Å²) in [5, 5.41) is 0.588. The lowest BCUT2D eigenvalue weighted by atomic mass is 10.1. The Labute approximate surface area is 166 Å². The second-order valence-electron chi connectivity index (χ2n) is 7.13. The summed E-state index contributed by atoms with van der Waals surface area (Å²) in [6.45, 7) is 5.70. The van der Waals surface area contributed by atoms with Crippen molar-refractivity contribution in [1.82, 2.24) is 9.80 Å². The van der Waals surface area contributed by atoms with Crippen LogP contribution in [0, 0.1) is 0 Å². The summed E-state index contributed by atoms with van der Waals surface area (Å²) in [7, 11) is 1.60. The first-order chi connectivity index (χ1) is 13.1. The molecule has 2 aromatic carbocycles. The highest BCUT2D eigenvalue weighted by Crippen LogP contribution is 2.25. The van der Waals surface area contributed by atoms with Gasteiger partial charge < -0.3 is 9.64 Å². The Hall–Kier alpha value is -2.04. The SMILES string of the molecule is COc1ccc(CCC(=O)N2CCN(Cc3ccccc3)CC2C)cc1Cl. The second kappa shape index (κ2) is 9.25. The minimum Gasteiger partial charge on any atom is -0.495 e. The van der Waals surface area contributed by atoms with E-state index in [1.165, 1.54) is 5.56 Å². The van der Waals surface area contributed by atoms with Crippen LogP contribution < -0.4 is 4.74 Å². The van der Waals surface area contributed by atoms with Gasteiger partial charge in [0, 0.05) is 38.6 Å². The van der Waals surface area contributed by atoms with Gasteiger partial charge in [0.2, 0.25) is 5.91 Å². The highest BCUT2D eigenvalue weighted by molar-refractivity contribution is 6.32. The predicted octanol–water partition coefficient (Wildman–Crippen LogP) is 4.01. The van der Waals surface area contributed by atoms with Gasteiger partial charge in [-0.3, -0.25) is 9.69 Å². The lowest BCUT2D eigenvalue weighted by Crippen LogP contribution is -2.53. The quantitative estimate of drug-likeness (QED) is 0.751. The molecule has 144 valence electrons. The topological polar surface area (TPSA) is 32.8 Å². The maximum atomic E-state index is 12.7. The summed E-state index contributed by atoms with van der Waals surface area (Å²) >= 11 is 6.17. The molecule has 1 aliphatic heterocycles. The van der Waals surface area contributed by atoms with Gasteiger partial charge in [0.1, 0.15) is 5.75 Å². The third-order valence-corrected chi connectivity index (χ3v) is 5.42. The Kier molecular flexibility index (Phi) is 6.75. The molecule has 0 saturated carbocycles. The molecule has 0 spiro atoms. The minimum absolute atomic E-state index is 0.216. The van der Waals surface area contributed by atoms with E-state index in [0.29, 0.717) is 23.6 Å². The van der Waals surface area contributed by atoms with Gasteiger partial charge >= 0.3 is 0 Å². The van der Waals surface area contributed by atoms with Crippen molar-refractivity contribution in [3.63, 3.8) is 0 Å². The number of ether oxygens (including phenoxy) is 1. The van der Waals surface area contributed by atoms with Crippen molar-refractivity contribution < 1.29 is 9.53 Å². The van der Waals surface area contributed by atoms with Crippen LogP contribution in [-0.4, -0.2) is 48.5 Å². The zero-order valence-corrected chi connectivity index (χ0v) is 16.8. The van der Waals surface area contributed by atoms with Crippen molar-refractivity contribution in [2.24, 2.45) is 0 Å². The minimum atomic E-state index is 0.216. The van der Waals surface area contributed by atoms with Crippen LogP contribution in [0.1, 0.15) is 24.5 Å². The highest BCUT2D eigenvalue weighted by Gasteiger charge is 2.27. The van der Waals surface area contributed by atoms with Crippen molar-refractivity contribution in [2.75, 3.05) is 26.7 Å². The number of methoxy groups -OCH3 is 1. The van der Waals surface area contributed by atoms with Crippen LogP contribution in [0.25, 0.3) is 0 Å². The van der Waals surface area contributed by atoms with E-state index in [4.69, 9.17) is 16.3 Å². The normalized spacial score (nSPS) is 17.7. The summed E-state index contributed by atoms with van der Waals surface area (Å²) in [5.41, 5.74) is 2.38. The average Bonchev–Trinajstić information content (AvgIpc) is 2.67. The Balaban J connectivity index is 1.50. The Morgan fingerprint density at radius 2 is 1.93 bits per heavy atom. The summed E-state index contributed by atoms with van der Waals surface area (Å²) in [6.07, 6.45) is 1.20. The molecule has 1 amide bonds. The number of amides is 1. The second-order valence-corrected chi connectivity index (χ2v) is 7.53. The van der Waals surface area contributed by atoms with Crippen molar-refractivity contribution in [2.45, 2.75) is 32.4 Å². The van der Waals surface area contributed by atoms with Crippen molar-refractivity contribution >= 4 is 17.5 Å². The van der Waals surface area contributed by atoms with Gasteiger partial charge in [-0.05, 0) is 36.6 Å². The van der Waals surface area contributed by atoms with Crippen LogP contribution in [0.15, 0.2) is 48.5 Å². The monoisotopic (exact) mass is 386 g/mol. The maximum Gasteiger partial charge on any atom is 0.223 e. The molecule has 2 aromatic rings. The third-order valence-electron chi connectivity index (χ3n) is 5.12. The number of aryl methyl sites for hydroxylation is 1. The van der Waals surface area contributed by atoms with Crippen molar-refractivity contribution in [3.8, 4) is 5.75 Å². The van der Waals surface area contributed by atoms with Crippen molar-refractivity contribution in [3.05, 3.63) is 64.7 Å².